The molecule has 1 fully saturated rings. The van der Waals surface area contributed by atoms with Gasteiger partial charge in [-0.25, -0.2) is 4.39 Å². The van der Waals surface area contributed by atoms with Crippen molar-refractivity contribution in [3.63, 3.8) is 0 Å². The van der Waals surface area contributed by atoms with E-state index in [-0.39, 0.29) is 17.9 Å². The molecule has 39 heavy (non-hydrogen) atoms. The normalized spacial score (nSPS) is 14.5. The number of carbonyl (C=O) groups excluding carboxylic acids is 2. The number of carbonyl (C=O) groups is 2. The molecule has 1 atom stereocenters. The van der Waals surface area contributed by atoms with E-state index in [4.69, 9.17) is 0 Å². The van der Waals surface area contributed by atoms with E-state index in [1.165, 1.54) is 23.5 Å². The lowest BCUT2D eigenvalue weighted by atomic mass is 9.94. The first-order chi connectivity index (χ1) is 19.0. The van der Waals surface area contributed by atoms with Crippen molar-refractivity contribution in [3.05, 3.63) is 114 Å². The van der Waals surface area contributed by atoms with Gasteiger partial charge >= 0.3 is 0 Å². The molecule has 0 bridgehead atoms. The van der Waals surface area contributed by atoms with Gasteiger partial charge in [0.15, 0.2) is 0 Å². The van der Waals surface area contributed by atoms with Gasteiger partial charge in [0.1, 0.15) is 17.6 Å². The summed E-state index contributed by atoms with van der Waals surface area (Å²) in [6, 6.07) is 26.0. The van der Waals surface area contributed by atoms with Gasteiger partial charge in [0.25, 0.3) is 5.91 Å². The van der Waals surface area contributed by atoms with Gasteiger partial charge in [-0.3, -0.25) is 14.5 Å². The standard InChI is InChI=1S/C33H34FN3O2/c1-2-23-13-19-28(20-14-23)37(33(39)30-22-21-29(36-30)24-9-5-3-6-10-24)31(25-15-17-26(34)18-16-25)32(38)35-27-11-7-4-8-12-27/h3,5-6,9-10,13-22,27,31,36H,2,4,7-8,11-12H2,1H3,(H,35,38). The molecule has 1 aliphatic carbocycles. The van der Waals surface area contributed by atoms with Gasteiger partial charge in [-0.2, -0.15) is 0 Å². The summed E-state index contributed by atoms with van der Waals surface area (Å²) in [4.78, 5) is 33.0. The van der Waals surface area contributed by atoms with Gasteiger partial charge in [0.05, 0.1) is 0 Å². The molecule has 1 unspecified atom stereocenters. The van der Waals surface area contributed by atoms with Crippen LogP contribution in [-0.4, -0.2) is 22.8 Å². The highest BCUT2D eigenvalue weighted by atomic mass is 19.1. The predicted molar refractivity (Wildman–Crippen MR) is 153 cm³/mol. The van der Waals surface area contributed by atoms with Gasteiger partial charge in [-0.15, -0.1) is 0 Å². The van der Waals surface area contributed by atoms with Crippen LogP contribution in [0, 0.1) is 5.82 Å². The Hall–Kier alpha value is -4.19. The third-order valence-electron chi connectivity index (χ3n) is 7.49. The van der Waals surface area contributed by atoms with Crippen molar-refractivity contribution >= 4 is 17.5 Å². The number of nitrogens with zero attached hydrogens (tertiary/aromatic N) is 1. The zero-order chi connectivity index (χ0) is 27.2. The fraction of sp³-hybridized carbons (Fsp3) is 0.273. The van der Waals surface area contributed by atoms with Crippen molar-refractivity contribution in [2.45, 2.75) is 57.5 Å². The summed E-state index contributed by atoms with van der Waals surface area (Å²) in [7, 11) is 0. The highest BCUT2D eigenvalue weighted by molar-refractivity contribution is 6.09. The first kappa shape index (κ1) is 26.4. The number of aryl methyl sites for hydroxylation is 1. The fourth-order valence-electron chi connectivity index (χ4n) is 5.30. The molecule has 200 valence electrons. The Morgan fingerprint density at radius 1 is 0.897 bits per heavy atom. The number of anilines is 1. The second kappa shape index (κ2) is 12.1. The van der Waals surface area contributed by atoms with Crippen LogP contribution in [0.15, 0.2) is 91.0 Å². The summed E-state index contributed by atoms with van der Waals surface area (Å²) in [6.07, 6.45) is 5.99. The average molecular weight is 524 g/mol. The third kappa shape index (κ3) is 6.11. The first-order valence-electron chi connectivity index (χ1n) is 13.8. The van der Waals surface area contributed by atoms with Crippen molar-refractivity contribution in [1.29, 1.82) is 0 Å². The zero-order valence-electron chi connectivity index (χ0n) is 22.2. The van der Waals surface area contributed by atoms with Crippen LogP contribution in [0.1, 0.15) is 66.7 Å². The Morgan fingerprint density at radius 2 is 1.59 bits per heavy atom. The molecule has 2 N–H and O–H groups in total. The number of benzene rings is 3. The largest absolute Gasteiger partial charge is 0.351 e. The van der Waals surface area contributed by atoms with Gasteiger partial charge < -0.3 is 10.3 Å². The second-order valence-electron chi connectivity index (χ2n) is 10.1. The van der Waals surface area contributed by atoms with E-state index in [9.17, 15) is 14.0 Å². The van der Waals surface area contributed by atoms with Crippen LogP contribution in [0.5, 0.6) is 0 Å². The third-order valence-corrected chi connectivity index (χ3v) is 7.49. The van der Waals surface area contributed by atoms with Crippen LogP contribution in [0.3, 0.4) is 0 Å². The highest BCUT2D eigenvalue weighted by Crippen LogP contribution is 2.32. The molecule has 0 spiro atoms. The molecule has 0 radical (unpaired) electrons. The van der Waals surface area contributed by atoms with Gasteiger partial charge in [-0.05, 0) is 72.4 Å². The highest BCUT2D eigenvalue weighted by Gasteiger charge is 2.35. The van der Waals surface area contributed by atoms with Crippen LogP contribution in [0.25, 0.3) is 11.3 Å². The van der Waals surface area contributed by atoms with Crippen LogP contribution in [0.2, 0.25) is 0 Å². The quantitative estimate of drug-likeness (QED) is 0.256. The van der Waals surface area contributed by atoms with E-state index < -0.39 is 11.9 Å². The molecular formula is C33H34FN3O2. The Morgan fingerprint density at radius 3 is 2.26 bits per heavy atom. The maximum Gasteiger partial charge on any atom is 0.275 e. The SMILES string of the molecule is CCc1ccc(N(C(=O)c2ccc(-c3ccccc3)[nH]2)C(C(=O)NC2CCCCC2)c2ccc(F)cc2)cc1. The van der Waals surface area contributed by atoms with E-state index in [1.807, 2.05) is 60.7 Å². The molecule has 6 heteroatoms. The number of hydrogen-bond donors (Lipinski definition) is 2. The lowest BCUT2D eigenvalue weighted by Crippen LogP contribution is -2.47. The molecule has 2 amide bonds. The van der Waals surface area contributed by atoms with Crippen molar-refractivity contribution in [1.82, 2.24) is 10.3 Å². The summed E-state index contributed by atoms with van der Waals surface area (Å²) in [6.45, 7) is 2.07. The number of nitrogens with one attached hydrogen (secondary N) is 2. The van der Waals surface area contributed by atoms with E-state index in [1.54, 1.807) is 18.2 Å². The summed E-state index contributed by atoms with van der Waals surface area (Å²) >= 11 is 0. The molecule has 0 saturated heterocycles. The monoisotopic (exact) mass is 523 g/mol. The molecule has 1 aliphatic rings. The topological polar surface area (TPSA) is 65.2 Å². The average Bonchev–Trinajstić information content (AvgIpc) is 3.48. The predicted octanol–water partition coefficient (Wildman–Crippen LogP) is 7.22. The van der Waals surface area contributed by atoms with E-state index in [2.05, 4.69) is 17.2 Å². The minimum atomic E-state index is -0.976. The van der Waals surface area contributed by atoms with Crippen LogP contribution >= 0.6 is 0 Å². The lowest BCUT2D eigenvalue weighted by molar-refractivity contribution is -0.123. The second-order valence-corrected chi connectivity index (χ2v) is 10.1. The number of amides is 2. The Kier molecular flexibility index (Phi) is 8.21. The van der Waals surface area contributed by atoms with E-state index in [0.29, 0.717) is 16.9 Å². The number of hydrogen-bond acceptors (Lipinski definition) is 2. The molecule has 0 aliphatic heterocycles. The van der Waals surface area contributed by atoms with E-state index in [0.717, 1.165) is 48.9 Å². The lowest BCUT2D eigenvalue weighted by Gasteiger charge is -2.33. The summed E-state index contributed by atoms with van der Waals surface area (Å²) < 4.78 is 13.9. The molecule has 1 aromatic heterocycles. The minimum absolute atomic E-state index is 0.0591. The Balaban J connectivity index is 1.57. The van der Waals surface area contributed by atoms with Crippen molar-refractivity contribution in [2.75, 3.05) is 4.90 Å². The van der Waals surface area contributed by atoms with Gasteiger partial charge in [-0.1, -0.05) is 80.8 Å². The van der Waals surface area contributed by atoms with Crippen LogP contribution < -0.4 is 10.2 Å². The number of rotatable bonds is 8. The minimum Gasteiger partial charge on any atom is -0.351 e. The first-order valence-corrected chi connectivity index (χ1v) is 13.8. The van der Waals surface area contributed by atoms with E-state index >= 15 is 0 Å². The van der Waals surface area contributed by atoms with Gasteiger partial charge in [0, 0.05) is 17.4 Å². The summed E-state index contributed by atoms with van der Waals surface area (Å²) in [5.41, 5.74) is 4.41. The molecule has 3 aromatic carbocycles. The summed E-state index contributed by atoms with van der Waals surface area (Å²) in [5, 5.41) is 3.21. The Bertz CT molecular complexity index is 1390. The molecule has 1 saturated carbocycles. The molecule has 5 nitrogen and oxygen atoms in total. The molecule has 1 heterocycles. The smallest absolute Gasteiger partial charge is 0.275 e. The number of aromatic amines is 1. The fourth-order valence-corrected chi connectivity index (χ4v) is 5.30. The maximum absolute atomic E-state index is 14.3. The summed E-state index contributed by atoms with van der Waals surface area (Å²) in [5.74, 6) is -1.00. The molecule has 4 aromatic rings. The number of halogens is 1. The molecule has 5 rings (SSSR count). The van der Waals surface area contributed by atoms with Crippen molar-refractivity contribution in [2.24, 2.45) is 0 Å². The Labute approximate surface area is 229 Å². The number of aromatic nitrogens is 1. The molecular weight excluding hydrogens is 489 g/mol. The number of H-pyrrole nitrogens is 1. The maximum atomic E-state index is 14.3. The van der Waals surface area contributed by atoms with Crippen molar-refractivity contribution in [3.8, 4) is 11.3 Å². The van der Waals surface area contributed by atoms with Gasteiger partial charge in [0.2, 0.25) is 5.91 Å². The zero-order valence-corrected chi connectivity index (χ0v) is 22.2. The van der Waals surface area contributed by atoms with Crippen molar-refractivity contribution < 1.29 is 14.0 Å². The van der Waals surface area contributed by atoms with Crippen LogP contribution in [0.4, 0.5) is 10.1 Å². The van der Waals surface area contributed by atoms with Crippen LogP contribution in [-0.2, 0) is 11.2 Å².